The van der Waals surface area contributed by atoms with E-state index in [-0.39, 0.29) is 5.91 Å². The van der Waals surface area contributed by atoms with Crippen LogP contribution in [0.2, 0.25) is 0 Å². The number of aromatic nitrogens is 3. The summed E-state index contributed by atoms with van der Waals surface area (Å²) in [6, 6.07) is 15.3. The molecule has 158 valence electrons. The van der Waals surface area contributed by atoms with E-state index in [1.807, 2.05) is 49.4 Å². The quantitative estimate of drug-likeness (QED) is 0.413. The van der Waals surface area contributed by atoms with E-state index in [1.54, 1.807) is 7.11 Å². The molecule has 0 aliphatic carbocycles. The largest absolute Gasteiger partial charge is 0.497 e. The number of thioether (sulfide) groups is 1. The number of nitrogens with one attached hydrogen (secondary N) is 1. The van der Waals surface area contributed by atoms with Crippen molar-refractivity contribution < 1.29 is 9.53 Å². The molecule has 0 spiro atoms. The molecule has 1 aromatic heterocycles. The molecule has 3 N–H and O–H groups in total. The first-order valence-electron chi connectivity index (χ1n) is 9.86. The van der Waals surface area contributed by atoms with Gasteiger partial charge in [0.1, 0.15) is 5.75 Å². The number of benzene rings is 2. The van der Waals surface area contributed by atoms with E-state index in [1.165, 1.54) is 16.4 Å². The topological polar surface area (TPSA) is 95.1 Å². The summed E-state index contributed by atoms with van der Waals surface area (Å²) < 4.78 is 6.58. The Balaban J connectivity index is 1.71. The third-order valence-electron chi connectivity index (χ3n) is 5.03. The Bertz CT molecular complexity index is 1000. The standard InChI is InChI=1S/C22H27N5O2S/c1-5-14(2)18-8-6-7-9-19(18)24-21(28)15(3)30-22-26-25-20(27(22)23)16-10-12-17(29-4)13-11-16/h6-15H,5,23H2,1-4H3,(H,24,28)/t14-,15-/m1/s1. The maximum absolute atomic E-state index is 12.8. The van der Waals surface area contributed by atoms with Crippen molar-refractivity contribution in [1.82, 2.24) is 14.9 Å². The number of para-hydroxylation sites is 1. The number of hydrogen-bond acceptors (Lipinski definition) is 6. The monoisotopic (exact) mass is 425 g/mol. The summed E-state index contributed by atoms with van der Waals surface area (Å²) in [6.45, 7) is 6.12. The Morgan fingerprint density at radius 1 is 1.17 bits per heavy atom. The minimum Gasteiger partial charge on any atom is -0.497 e. The average molecular weight is 426 g/mol. The molecule has 0 aliphatic heterocycles. The minimum atomic E-state index is -0.398. The molecule has 1 amide bonds. The second-order valence-corrected chi connectivity index (χ2v) is 8.36. The predicted octanol–water partition coefficient (Wildman–Crippen LogP) is 4.30. The molecule has 1 heterocycles. The molecular weight excluding hydrogens is 398 g/mol. The van der Waals surface area contributed by atoms with Crippen LogP contribution in [0.5, 0.6) is 5.75 Å². The van der Waals surface area contributed by atoms with E-state index in [0.717, 1.165) is 29.0 Å². The molecule has 7 nitrogen and oxygen atoms in total. The third-order valence-corrected chi connectivity index (χ3v) is 6.08. The third kappa shape index (κ3) is 4.76. The number of anilines is 1. The van der Waals surface area contributed by atoms with Crippen molar-refractivity contribution in [3.63, 3.8) is 0 Å². The van der Waals surface area contributed by atoms with Crippen LogP contribution in [-0.2, 0) is 4.79 Å². The van der Waals surface area contributed by atoms with Crippen molar-refractivity contribution >= 4 is 23.4 Å². The summed E-state index contributed by atoms with van der Waals surface area (Å²) >= 11 is 1.27. The van der Waals surface area contributed by atoms with Crippen molar-refractivity contribution in [2.24, 2.45) is 0 Å². The predicted molar refractivity (Wildman–Crippen MR) is 121 cm³/mol. The Morgan fingerprint density at radius 2 is 1.87 bits per heavy atom. The second kappa shape index (κ2) is 9.67. The highest BCUT2D eigenvalue weighted by Gasteiger charge is 2.21. The molecule has 0 saturated heterocycles. The molecule has 30 heavy (non-hydrogen) atoms. The van der Waals surface area contributed by atoms with E-state index < -0.39 is 5.25 Å². The highest BCUT2D eigenvalue weighted by atomic mass is 32.2. The molecule has 0 saturated carbocycles. The lowest BCUT2D eigenvalue weighted by atomic mass is 9.97. The van der Waals surface area contributed by atoms with Gasteiger partial charge in [0.2, 0.25) is 11.1 Å². The Labute approximate surface area is 181 Å². The molecule has 0 bridgehead atoms. The summed E-state index contributed by atoms with van der Waals surface area (Å²) in [5, 5.41) is 11.5. The molecule has 3 rings (SSSR count). The van der Waals surface area contributed by atoms with Gasteiger partial charge in [0.15, 0.2) is 5.82 Å². The first-order chi connectivity index (χ1) is 14.4. The van der Waals surface area contributed by atoms with Crippen molar-refractivity contribution in [2.75, 3.05) is 18.3 Å². The van der Waals surface area contributed by atoms with Gasteiger partial charge in [-0.2, -0.15) is 0 Å². The van der Waals surface area contributed by atoms with Gasteiger partial charge in [0, 0.05) is 11.3 Å². The van der Waals surface area contributed by atoms with Crippen molar-refractivity contribution in [3.8, 4) is 17.1 Å². The zero-order chi connectivity index (χ0) is 21.7. The van der Waals surface area contributed by atoms with Crippen LogP contribution in [0, 0.1) is 0 Å². The molecular formula is C22H27N5O2S. The number of hydrogen-bond donors (Lipinski definition) is 2. The Morgan fingerprint density at radius 3 is 2.53 bits per heavy atom. The van der Waals surface area contributed by atoms with Crippen LogP contribution < -0.4 is 15.9 Å². The fraction of sp³-hybridized carbons (Fsp3) is 0.318. The number of rotatable bonds is 8. The number of methoxy groups -OCH3 is 1. The van der Waals surface area contributed by atoms with Gasteiger partial charge in [-0.05, 0) is 55.2 Å². The first-order valence-corrected chi connectivity index (χ1v) is 10.7. The van der Waals surface area contributed by atoms with E-state index in [9.17, 15) is 4.79 Å². The number of carbonyl (C=O) groups is 1. The van der Waals surface area contributed by atoms with Crippen LogP contribution in [0.25, 0.3) is 11.4 Å². The average Bonchev–Trinajstić information content (AvgIpc) is 3.13. The van der Waals surface area contributed by atoms with Crippen molar-refractivity contribution in [1.29, 1.82) is 0 Å². The molecule has 2 atom stereocenters. The van der Waals surface area contributed by atoms with Gasteiger partial charge in [-0.15, -0.1) is 10.2 Å². The summed E-state index contributed by atoms with van der Waals surface area (Å²) in [5.41, 5.74) is 2.80. The van der Waals surface area contributed by atoms with Gasteiger partial charge in [-0.1, -0.05) is 43.8 Å². The maximum atomic E-state index is 12.8. The van der Waals surface area contributed by atoms with Gasteiger partial charge in [0.25, 0.3) is 0 Å². The van der Waals surface area contributed by atoms with Crippen molar-refractivity contribution in [3.05, 3.63) is 54.1 Å². The van der Waals surface area contributed by atoms with Crippen LogP contribution in [0.3, 0.4) is 0 Å². The lowest BCUT2D eigenvalue weighted by Gasteiger charge is -2.17. The fourth-order valence-electron chi connectivity index (χ4n) is 3.00. The highest BCUT2D eigenvalue weighted by molar-refractivity contribution is 8.00. The summed E-state index contributed by atoms with van der Waals surface area (Å²) in [7, 11) is 1.61. The number of ether oxygens (including phenoxy) is 1. The summed E-state index contributed by atoms with van der Waals surface area (Å²) in [6.07, 6.45) is 1.00. The SMILES string of the molecule is CC[C@@H](C)c1ccccc1NC(=O)[C@@H](C)Sc1nnc(-c2ccc(OC)cc2)n1N. The van der Waals surface area contributed by atoms with E-state index in [2.05, 4.69) is 35.4 Å². The number of carbonyl (C=O) groups excluding carboxylic acids is 1. The van der Waals surface area contributed by atoms with Gasteiger partial charge < -0.3 is 15.9 Å². The number of nitrogens with zero attached hydrogens (tertiary/aromatic N) is 3. The van der Waals surface area contributed by atoms with Gasteiger partial charge >= 0.3 is 0 Å². The lowest BCUT2D eigenvalue weighted by molar-refractivity contribution is -0.115. The van der Waals surface area contributed by atoms with E-state index >= 15 is 0 Å². The van der Waals surface area contributed by atoms with Crippen LogP contribution in [0.1, 0.15) is 38.7 Å². The van der Waals surface area contributed by atoms with Gasteiger partial charge in [-0.25, -0.2) is 4.68 Å². The van der Waals surface area contributed by atoms with Gasteiger partial charge in [0.05, 0.1) is 12.4 Å². The lowest BCUT2D eigenvalue weighted by Crippen LogP contribution is -2.24. The minimum absolute atomic E-state index is 0.107. The Hall–Kier alpha value is -3.00. The van der Waals surface area contributed by atoms with Gasteiger partial charge in [-0.3, -0.25) is 4.79 Å². The summed E-state index contributed by atoms with van der Waals surface area (Å²) in [4.78, 5) is 12.8. The van der Waals surface area contributed by atoms with E-state index in [4.69, 9.17) is 10.6 Å². The number of nitrogen functional groups attached to an aromatic ring is 1. The molecule has 8 heteroatoms. The van der Waals surface area contributed by atoms with E-state index in [0.29, 0.717) is 16.9 Å². The van der Waals surface area contributed by atoms with Crippen molar-refractivity contribution in [2.45, 2.75) is 43.5 Å². The summed E-state index contributed by atoms with van der Waals surface area (Å²) in [5.74, 6) is 7.73. The van der Waals surface area contributed by atoms with Crippen LogP contribution in [-0.4, -0.2) is 33.1 Å². The molecule has 0 unspecified atom stereocenters. The first kappa shape index (κ1) is 21.7. The molecule has 0 radical (unpaired) electrons. The fourth-order valence-corrected chi connectivity index (χ4v) is 3.77. The normalized spacial score (nSPS) is 12.9. The zero-order valence-corrected chi connectivity index (χ0v) is 18.4. The molecule has 0 aliphatic rings. The maximum Gasteiger partial charge on any atom is 0.237 e. The molecule has 2 aromatic carbocycles. The second-order valence-electron chi connectivity index (χ2n) is 7.05. The van der Waals surface area contributed by atoms with Crippen LogP contribution in [0.4, 0.5) is 5.69 Å². The number of amides is 1. The number of nitrogens with two attached hydrogens (primary N) is 1. The highest BCUT2D eigenvalue weighted by Crippen LogP contribution is 2.29. The van der Waals surface area contributed by atoms with Crippen LogP contribution >= 0.6 is 11.8 Å². The smallest absolute Gasteiger partial charge is 0.237 e. The Kier molecular flexibility index (Phi) is 6.99. The molecule has 3 aromatic rings. The van der Waals surface area contributed by atoms with Crippen LogP contribution in [0.15, 0.2) is 53.7 Å². The molecule has 0 fully saturated rings. The zero-order valence-electron chi connectivity index (χ0n) is 17.6.